The molecule has 3 aromatic rings. The molecular weight excluding hydrogens is 439 g/mol. The third-order valence-electron chi connectivity index (χ3n) is 5.69. The number of benzene rings is 3. The van der Waals surface area contributed by atoms with Crippen molar-refractivity contribution in [3.05, 3.63) is 82.4 Å². The van der Waals surface area contributed by atoms with E-state index in [9.17, 15) is 22.6 Å². The van der Waals surface area contributed by atoms with Crippen molar-refractivity contribution in [1.82, 2.24) is 0 Å². The fraction of sp³-hybridized carbons (Fsp3) is 0.130. The summed E-state index contributed by atoms with van der Waals surface area (Å²) in [5.74, 6) is -0.520. The Kier molecular flexibility index (Phi) is 5.77. The Balaban J connectivity index is 0.00000245. The van der Waals surface area contributed by atoms with E-state index in [4.69, 9.17) is 5.73 Å². The Hall–Kier alpha value is -2.49. The van der Waals surface area contributed by atoms with Crippen LogP contribution in [0.15, 0.2) is 59.5 Å². The van der Waals surface area contributed by atoms with E-state index in [1.54, 1.807) is 24.3 Å². The molecule has 0 radical (unpaired) electrons. The number of fused-ring (bicyclic) bond motifs is 2. The average molecular weight is 458 g/mol. The van der Waals surface area contributed by atoms with Gasteiger partial charge in [-0.3, -0.25) is 14.1 Å². The molecule has 7 nitrogen and oxygen atoms in total. The summed E-state index contributed by atoms with van der Waals surface area (Å²) in [6.07, 6.45) is 2.22. The first kappa shape index (κ1) is 22.7. The van der Waals surface area contributed by atoms with E-state index < -0.39 is 32.3 Å². The van der Waals surface area contributed by atoms with Gasteiger partial charge in [-0.05, 0) is 42.5 Å². The second-order valence-electron chi connectivity index (χ2n) is 7.79. The zero-order valence-electron chi connectivity index (χ0n) is 16.3. The Morgan fingerprint density at radius 1 is 0.906 bits per heavy atom. The third kappa shape index (κ3) is 3.78. The molecule has 3 aromatic carbocycles. The molecule has 1 saturated carbocycles. The number of nitrogen functional groups attached to an aromatic ring is 1. The van der Waals surface area contributed by atoms with Gasteiger partial charge in [0, 0.05) is 16.8 Å². The summed E-state index contributed by atoms with van der Waals surface area (Å²) < 4.78 is 33.7. The van der Waals surface area contributed by atoms with Gasteiger partial charge in [-0.1, -0.05) is 36.4 Å². The molecule has 4 N–H and O–H groups in total. The van der Waals surface area contributed by atoms with Gasteiger partial charge in [0.1, 0.15) is 4.90 Å². The Bertz CT molecular complexity index is 1400. The number of hydrogen-bond acceptors (Lipinski definition) is 6. The number of nitrogens with two attached hydrogens (primary N) is 1. The van der Waals surface area contributed by atoms with Crippen LogP contribution in [-0.4, -0.2) is 54.1 Å². The van der Waals surface area contributed by atoms with Gasteiger partial charge in [-0.15, -0.1) is 0 Å². The van der Waals surface area contributed by atoms with Crippen molar-refractivity contribution in [2.75, 3.05) is 11.1 Å². The number of ketones is 2. The average Bonchev–Trinajstić information content (AvgIpc) is 3.58. The van der Waals surface area contributed by atoms with Gasteiger partial charge in [-0.25, -0.2) is 0 Å². The van der Waals surface area contributed by atoms with Gasteiger partial charge in [0.2, 0.25) is 0 Å². The quantitative estimate of drug-likeness (QED) is 0.243. The standard InChI is InChI=1S/C23H18N2O5S.Na.H/c24-21-18(31(28,29)30)11-17(25-14-5-3-4-13(10-14)12-8-9-12)19-20(21)23(27)16-7-2-1-6-15(16)22(19)26;;/h1-7,10-12,25H,8-9,24H2,(H,28,29,30);;. The van der Waals surface area contributed by atoms with Crippen LogP contribution in [0, 0.1) is 0 Å². The number of rotatable bonds is 4. The van der Waals surface area contributed by atoms with Crippen LogP contribution < -0.4 is 11.1 Å². The summed E-state index contributed by atoms with van der Waals surface area (Å²) in [4.78, 5) is 25.9. The first-order valence-electron chi connectivity index (χ1n) is 9.75. The Labute approximate surface area is 207 Å². The zero-order valence-corrected chi connectivity index (χ0v) is 17.1. The zero-order chi connectivity index (χ0) is 21.9. The molecule has 9 heteroatoms. The van der Waals surface area contributed by atoms with E-state index in [2.05, 4.69) is 5.32 Å². The molecule has 2 aliphatic carbocycles. The normalized spacial score (nSPS) is 14.9. The van der Waals surface area contributed by atoms with E-state index in [-0.39, 0.29) is 57.5 Å². The maximum atomic E-state index is 13.3. The fourth-order valence-corrected chi connectivity index (χ4v) is 4.69. The molecular formula is C23H19N2NaO5S. The molecule has 5 rings (SSSR count). The number of carbonyl (C=O) groups excluding carboxylic acids is 2. The minimum absolute atomic E-state index is 0. The van der Waals surface area contributed by atoms with E-state index >= 15 is 0 Å². The minimum atomic E-state index is -4.74. The van der Waals surface area contributed by atoms with E-state index in [1.807, 2.05) is 18.2 Å². The molecule has 0 unspecified atom stereocenters. The van der Waals surface area contributed by atoms with Crippen molar-refractivity contribution in [3.63, 3.8) is 0 Å². The van der Waals surface area contributed by atoms with Gasteiger partial charge >= 0.3 is 29.6 Å². The molecule has 158 valence electrons. The third-order valence-corrected chi connectivity index (χ3v) is 6.59. The monoisotopic (exact) mass is 458 g/mol. The van der Waals surface area contributed by atoms with Crippen LogP contribution >= 0.6 is 0 Å². The fourth-order valence-electron chi connectivity index (χ4n) is 4.05. The second kappa shape index (κ2) is 8.13. The SMILES string of the molecule is Nc1c(S(=O)(=O)O)cc(Nc2cccc(C3CC3)c2)c2c1C(=O)c1ccccc1C2=O.[NaH]. The van der Waals surface area contributed by atoms with E-state index in [0.29, 0.717) is 11.6 Å². The number of hydrogen-bond donors (Lipinski definition) is 3. The van der Waals surface area contributed by atoms with Gasteiger partial charge in [0.05, 0.1) is 22.5 Å². The van der Waals surface area contributed by atoms with Gasteiger partial charge in [0.25, 0.3) is 10.1 Å². The van der Waals surface area contributed by atoms with E-state index in [0.717, 1.165) is 24.5 Å². The maximum absolute atomic E-state index is 13.3. The predicted molar refractivity (Wildman–Crippen MR) is 123 cm³/mol. The summed E-state index contributed by atoms with van der Waals surface area (Å²) in [6, 6.07) is 15.0. The Morgan fingerprint density at radius 2 is 1.53 bits per heavy atom. The number of carbonyl (C=O) groups is 2. The van der Waals surface area contributed by atoms with Gasteiger partial charge in [-0.2, -0.15) is 8.42 Å². The van der Waals surface area contributed by atoms with Crippen LogP contribution in [0.1, 0.15) is 56.2 Å². The van der Waals surface area contributed by atoms with Gasteiger partial charge in [0.15, 0.2) is 11.6 Å². The van der Waals surface area contributed by atoms with Crippen molar-refractivity contribution in [2.45, 2.75) is 23.7 Å². The molecule has 2 aliphatic rings. The first-order chi connectivity index (χ1) is 14.8. The predicted octanol–water partition coefficient (Wildman–Crippen LogP) is 3.26. The first-order valence-corrected chi connectivity index (χ1v) is 11.2. The van der Waals surface area contributed by atoms with Crippen LogP contribution in [-0.2, 0) is 10.1 Å². The van der Waals surface area contributed by atoms with Gasteiger partial charge < -0.3 is 11.1 Å². The Morgan fingerprint density at radius 3 is 2.12 bits per heavy atom. The summed E-state index contributed by atoms with van der Waals surface area (Å²) in [5.41, 5.74) is 7.54. The molecule has 0 aliphatic heterocycles. The molecule has 0 spiro atoms. The van der Waals surface area contributed by atoms with Crippen molar-refractivity contribution >= 4 is 68.3 Å². The molecule has 0 bridgehead atoms. The van der Waals surface area contributed by atoms with Crippen LogP contribution in [0.4, 0.5) is 17.1 Å². The summed E-state index contributed by atoms with van der Waals surface area (Å²) in [5, 5.41) is 3.07. The summed E-state index contributed by atoms with van der Waals surface area (Å²) in [6.45, 7) is 0. The van der Waals surface area contributed by atoms with Crippen LogP contribution in [0.3, 0.4) is 0 Å². The summed E-state index contributed by atoms with van der Waals surface area (Å²) >= 11 is 0. The molecule has 0 atom stereocenters. The van der Waals surface area contributed by atoms with Crippen molar-refractivity contribution in [1.29, 1.82) is 0 Å². The molecule has 1 fully saturated rings. The number of anilines is 3. The van der Waals surface area contributed by atoms with Crippen molar-refractivity contribution < 1.29 is 22.6 Å². The summed E-state index contributed by atoms with van der Waals surface area (Å²) in [7, 11) is -4.74. The van der Waals surface area contributed by atoms with Crippen LogP contribution in [0.5, 0.6) is 0 Å². The van der Waals surface area contributed by atoms with Crippen LogP contribution in [0.2, 0.25) is 0 Å². The molecule has 0 aromatic heterocycles. The topological polar surface area (TPSA) is 127 Å². The second-order valence-corrected chi connectivity index (χ2v) is 9.18. The molecule has 32 heavy (non-hydrogen) atoms. The molecule has 0 heterocycles. The molecule has 0 amide bonds. The van der Waals surface area contributed by atoms with Crippen LogP contribution in [0.25, 0.3) is 0 Å². The number of nitrogens with one attached hydrogen (secondary N) is 1. The molecule has 0 saturated heterocycles. The van der Waals surface area contributed by atoms with Crippen molar-refractivity contribution in [2.24, 2.45) is 0 Å². The van der Waals surface area contributed by atoms with E-state index in [1.165, 1.54) is 6.07 Å². The van der Waals surface area contributed by atoms with Crippen molar-refractivity contribution in [3.8, 4) is 0 Å².